The zero-order valence-corrected chi connectivity index (χ0v) is 14.5. The van der Waals surface area contributed by atoms with E-state index in [4.69, 9.17) is 10.7 Å². The number of nitrogens with zero attached hydrogens (tertiary/aromatic N) is 5. The summed E-state index contributed by atoms with van der Waals surface area (Å²) in [6.07, 6.45) is 7.32. The molecule has 0 aliphatic carbocycles. The second-order valence-corrected chi connectivity index (χ2v) is 6.68. The highest BCUT2D eigenvalue weighted by molar-refractivity contribution is 5.87. The predicted octanol–water partition coefficient (Wildman–Crippen LogP) is 1.80. The Morgan fingerprint density at radius 3 is 3.00 bits per heavy atom. The Morgan fingerprint density at radius 2 is 2.25 bits per heavy atom. The fourth-order valence-corrected chi connectivity index (χ4v) is 3.47. The lowest BCUT2D eigenvalue weighted by Gasteiger charge is -2.34. The monoisotopic (exact) mass is 330 g/mol. The van der Waals surface area contributed by atoms with E-state index in [1.54, 1.807) is 0 Å². The molecule has 1 atom stereocenters. The van der Waals surface area contributed by atoms with Crippen LogP contribution in [0.4, 0.5) is 5.82 Å². The Labute approximate surface area is 142 Å². The number of carbonyl (C=O) groups is 1. The van der Waals surface area contributed by atoms with E-state index in [9.17, 15) is 4.79 Å². The van der Waals surface area contributed by atoms with Gasteiger partial charge in [-0.25, -0.2) is 9.97 Å². The Balaban J connectivity index is 1.88. The summed E-state index contributed by atoms with van der Waals surface area (Å²) in [5.74, 6) is 2.14. The average Bonchev–Trinajstić information content (AvgIpc) is 2.94. The second kappa shape index (κ2) is 7.15. The van der Waals surface area contributed by atoms with Crippen molar-refractivity contribution in [1.29, 1.82) is 0 Å². The predicted molar refractivity (Wildman–Crippen MR) is 93.7 cm³/mol. The maximum atomic E-state index is 11.1. The van der Waals surface area contributed by atoms with Crippen LogP contribution in [0.2, 0.25) is 0 Å². The van der Waals surface area contributed by atoms with Crippen LogP contribution in [0, 0.1) is 5.92 Å². The summed E-state index contributed by atoms with van der Waals surface area (Å²) in [5, 5.41) is 5.36. The summed E-state index contributed by atoms with van der Waals surface area (Å²) in [7, 11) is 1.92. The van der Waals surface area contributed by atoms with Gasteiger partial charge in [-0.1, -0.05) is 6.92 Å². The van der Waals surface area contributed by atoms with Gasteiger partial charge in [0.2, 0.25) is 5.91 Å². The lowest BCUT2D eigenvalue weighted by molar-refractivity contribution is -0.118. The third-order valence-electron chi connectivity index (χ3n) is 4.71. The van der Waals surface area contributed by atoms with Crippen LogP contribution in [0.3, 0.4) is 0 Å². The van der Waals surface area contributed by atoms with Crippen molar-refractivity contribution in [1.82, 2.24) is 19.7 Å². The smallest absolute Gasteiger partial charge is 0.217 e. The van der Waals surface area contributed by atoms with E-state index < -0.39 is 0 Å². The summed E-state index contributed by atoms with van der Waals surface area (Å²) in [5.41, 5.74) is 6.19. The number of hydrogen-bond donors (Lipinski definition) is 1. The summed E-state index contributed by atoms with van der Waals surface area (Å²) in [6.45, 7) is 4.04. The van der Waals surface area contributed by atoms with Crippen molar-refractivity contribution in [3.63, 3.8) is 0 Å². The Morgan fingerprint density at radius 1 is 1.42 bits per heavy atom. The van der Waals surface area contributed by atoms with Crippen molar-refractivity contribution >= 4 is 22.8 Å². The number of aryl methyl sites for hydroxylation is 2. The van der Waals surface area contributed by atoms with Gasteiger partial charge in [0.25, 0.3) is 0 Å². The average molecular weight is 330 g/mol. The van der Waals surface area contributed by atoms with Gasteiger partial charge >= 0.3 is 0 Å². The maximum Gasteiger partial charge on any atom is 0.217 e. The van der Waals surface area contributed by atoms with Crippen LogP contribution in [0.5, 0.6) is 0 Å². The number of anilines is 1. The summed E-state index contributed by atoms with van der Waals surface area (Å²) < 4.78 is 1.81. The molecule has 0 saturated carbocycles. The van der Waals surface area contributed by atoms with Crippen molar-refractivity contribution in [3.05, 3.63) is 12.0 Å². The SMILES string of the molecule is CCCc1nc(N2CCC[C@@H](CCC(N)=O)C2)c2cnn(C)c2n1. The first-order valence-corrected chi connectivity index (χ1v) is 8.80. The molecule has 1 aliphatic rings. The molecule has 7 nitrogen and oxygen atoms in total. The van der Waals surface area contributed by atoms with E-state index in [1.807, 2.05) is 17.9 Å². The minimum atomic E-state index is -0.214. The number of nitrogens with two attached hydrogens (primary N) is 1. The first kappa shape index (κ1) is 16.7. The Hall–Kier alpha value is -2.18. The van der Waals surface area contributed by atoms with Crippen molar-refractivity contribution < 1.29 is 4.79 Å². The number of fused-ring (bicyclic) bond motifs is 1. The second-order valence-electron chi connectivity index (χ2n) is 6.68. The molecule has 2 aromatic heterocycles. The van der Waals surface area contributed by atoms with Gasteiger partial charge in [0.1, 0.15) is 11.6 Å². The maximum absolute atomic E-state index is 11.1. The van der Waals surface area contributed by atoms with Crippen LogP contribution < -0.4 is 10.6 Å². The lowest BCUT2D eigenvalue weighted by Crippen LogP contribution is -2.36. The van der Waals surface area contributed by atoms with Gasteiger partial charge < -0.3 is 10.6 Å². The molecule has 3 rings (SSSR count). The number of hydrogen-bond acceptors (Lipinski definition) is 5. The van der Waals surface area contributed by atoms with Gasteiger partial charge in [-0.05, 0) is 31.6 Å². The molecule has 7 heteroatoms. The van der Waals surface area contributed by atoms with E-state index in [2.05, 4.69) is 21.9 Å². The molecule has 24 heavy (non-hydrogen) atoms. The summed E-state index contributed by atoms with van der Waals surface area (Å²) in [6, 6.07) is 0. The van der Waals surface area contributed by atoms with Gasteiger partial charge in [-0.15, -0.1) is 0 Å². The molecule has 1 amide bonds. The molecule has 2 aromatic rings. The largest absolute Gasteiger partial charge is 0.370 e. The number of rotatable bonds is 6. The molecule has 0 spiro atoms. The van der Waals surface area contributed by atoms with Gasteiger partial charge in [-0.3, -0.25) is 9.48 Å². The van der Waals surface area contributed by atoms with Crippen molar-refractivity contribution in [2.45, 2.75) is 45.4 Å². The van der Waals surface area contributed by atoms with Crippen LogP contribution in [0.15, 0.2) is 6.20 Å². The Kier molecular flexibility index (Phi) is 4.97. The zero-order chi connectivity index (χ0) is 17.1. The van der Waals surface area contributed by atoms with Crippen LogP contribution in [0.25, 0.3) is 11.0 Å². The van der Waals surface area contributed by atoms with E-state index in [-0.39, 0.29) is 5.91 Å². The molecule has 0 radical (unpaired) electrons. The van der Waals surface area contributed by atoms with E-state index in [1.165, 1.54) is 0 Å². The van der Waals surface area contributed by atoms with Gasteiger partial charge in [0.05, 0.1) is 11.6 Å². The standard InChI is InChI=1S/C17H26N6O/c1-3-5-15-20-16-13(10-19-22(16)2)17(21-15)23-9-4-6-12(11-23)7-8-14(18)24/h10,12H,3-9,11H2,1-2H3,(H2,18,24)/t12-/m0/s1. The highest BCUT2D eigenvalue weighted by Crippen LogP contribution is 2.29. The zero-order valence-electron chi connectivity index (χ0n) is 14.5. The van der Waals surface area contributed by atoms with Crippen LogP contribution in [-0.4, -0.2) is 38.7 Å². The van der Waals surface area contributed by atoms with E-state index >= 15 is 0 Å². The molecule has 0 unspecified atom stereocenters. The minimum Gasteiger partial charge on any atom is -0.370 e. The number of amides is 1. The molecular formula is C17H26N6O. The van der Waals surface area contributed by atoms with Gasteiger partial charge in [-0.2, -0.15) is 5.10 Å². The van der Waals surface area contributed by atoms with Crippen molar-refractivity contribution in [2.24, 2.45) is 18.7 Å². The molecule has 2 N–H and O–H groups in total. The van der Waals surface area contributed by atoms with Crippen LogP contribution in [-0.2, 0) is 18.3 Å². The van der Waals surface area contributed by atoms with Gasteiger partial charge in [0, 0.05) is 33.0 Å². The fraction of sp³-hybridized carbons (Fsp3) is 0.647. The summed E-state index contributed by atoms with van der Waals surface area (Å²) >= 11 is 0. The number of aromatic nitrogens is 4. The van der Waals surface area contributed by atoms with Crippen molar-refractivity contribution in [3.8, 4) is 0 Å². The minimum absolute atomic E-state index is 0.214. The molecule has 1 fully saturated rings. The lowest BCUT2D eigenvalue weighted by atomic mass is 9.93. The van der Waals surface area contributed by atoms with Crippen LogP contribution in [0.1, 0.15) is 44.9 Å². The van der Waals surface area contributed by atoms with Crippen LogP contribution >= 0.6 is 0 Å². The molecule has 0 bridgehead atoms. The number of piperidine rings is 1. The van der Waals surface area contributed by atoms with Crippen molar-refractivity contribution in [2.75, 3.05) is 18.0 Å². The highest BCUT2D eigenvalue weighted by atomic mass is 16.1. The Bertz CT molecular complexity index is 725. The first-order chi connectivity index (χ1) is 11.6. The van der Waals surface area contributed by atoms with Gasteiger partial charge in [0.15, 0.2) is 5.65 Å². The van der Waals surface area contributed by atoms with E-state index in [0.717, 1.165) is 67.9 Å². The number of primary amides is 1. The summed E-state index contributed by atoms with van der Waals surface area (Å²) in [4.78, 5) is 22.9. The topological polar surface area (TPSA) is 89.9 Å². The number of carbonyl (C=O) groups excluding carboxylic acids is 1. The molecule has 1 aliphatic heterocycles. The molecule has 1 saturated heterocycles. The molecule has 3 heterocycles. The fourth-order valence-electron chi connectivity index (χ4n) is 3.47. The first-order valence-electron chi connectivity index (χ1n) is 8.80. The molecular weight excluding hydrogens is 304 g/mol. The third kappa shape index (κ3) is 3.49. The molecule has 130 valence electrons. The normalized spacial score (nSPS) is 18.2. The quantitative estimate of drug-likeness (QED) is 0.872. The molecule has 0 aromatic carbocycles. The van der Waals surface area contributed by atoms with E-state index in [0.29, 0.717) is 12.3 Å². The third-order valence-corrected chi connectivity index (χ3v) is 4.71. The highest BCUT2D eigenvalue weighted by Gasteiger charge is 2.24.